The molecule has 2 N–H and O–H groups in total. The number of thiazole rings is 1. The normalized spacial score (nSPS) is 12.8. The Morgan fingerprint density at radius 3 is 2.55 bits per heavy atom. The van der Waals surface area contributed by atoms with Crippen molar-refractivity contribution >= 4 is 28.4 Å². The highest BCUT2D eigenvalue weighted by Crippen LogP contribution is 2.19. The molecule has 0 spiro atoms. The molecule has 0 radical (unpaired) electrons. The molecule has 0 saturated heterocycles. The van der Waals surface area contributed by atoms with Crippen molar-refractivity contribution in [2.45, 2.75) is 39.2 Å². The zero-order valence-electron chi connectivity index (χ0n) is 12.1. The molecule has 20 heavy (non-hydrogen) atoms. The molecule has 112 valence electrons. The Hall–Kier alpha value is -1.63. The molecule has 1 rings (SSSR count). The third-order valence-electron chi connectivity index (χ3n) is 2.39. The number of rotatable bonds is 5. The van der Waals surface area contributed by atoms with E-state index in [4.69, 9.17) is 15.2 Å². The second-order valence-corrected chi connectivity index (χ2v) is 6.28. The van der Waals surface area contributed by atoms with Gasteiger partial charge in [0.05, 0.1) is 25.1 Å². The SMILES string of the molecule is COC(=O)C(CC(=O)OC(C)(C)C)Cc1csc(N)n1. The summed E-state index contributed by atoms with van der Waals surface area (Å²) < 4.78 is 9.94. The summed E-state index contributed by atoms with van der Waals surface area (Å²) in [6.07, 6.45) is 0.265. The summed E-state index contributed by atoms with van der Waals surface area (Å²) >= 11 is 1.29. The van der Waals surface area contributed by atoms with E-state index in [1.807, 2.05) is 0 Å². The van der Waals surface area contributed by atoms with E-state index in [9.17, 15) is 9.59 Å². The van der Waals surface area contributed by atoms with E-state index in [0.29, 0.717) is 17.2 Å². The lowest BCUT2D eigenvalue weighted by atomic mass is 10.00. The van der Waals surface area contributed by atoms with Crippen LogP contribution >= 0.6 is 11.3 Å². The Labute approximate surface area is 122 Å². The van der Waals surface area contributed by atoms with Gasteiger partial charge in [0.25, 0.3) is 0 Å². The molecule has 0 amide bonds. The van der Waals surface area contributed by atoms with Crippen molar-refractivity contribution in [1.82, 2.24) is 4.98 Å². The fourth-order valence-electron chi connectivity index (χ4n) is 1.66. The standard InChI is InChI=1S/C13H20N2O4S/c1-13(2,3)19-10(16)6-8(11(17)18-4)5-9-7-20-12(14)15-9/h7-8H,5-6H2,1-4H3,(H2,14,15). The second-order valence-electron chi connectivity index (χ2n) is 5.39. The van der Waals surface area contributed by atoms with Crippen molar-refractivity contribution < 1.29 is 19.1 Å². The molecule has 0 aliphatic carbocycles. The highest BCUT2D eigenvalue weighted by molar-refractivity contribution is 7.13. The Balaban J connectivity index is 2.70. The maximum atomic E-state index is 11.8. The Kier molecular flexibility index (Phi) is 5.50. The van der Waals surface area contributed by atoms with Gasteiger partial charge >= 0.3 is 11.9 Å². The molecule has 0 saturated carbocycles. The van der Waals surface area contributed by atoms with E-state index in [1.54, 1.807) is 26.2 Å². The van der Waals surface area contributed by atoms with Crippen LogP contribution in [0.25, 0.3) is 0 Å². The third-order valence-corrected chi connectivity index (χ3v) is 3.12. The Morgan fingerprint density at radius 2 is 2.10 bits per heavy atom. The minimum absolute atomic E-state index is 0.0403. The molecule has 7 heteroatoms. The van der Waals surface area contributed by atoms with E-state index in [1.165, 1.54) is 18.4 Å². The summed E-state index contributed by atoms with van der Waals surface area (Å²) in [5, 5.41) is 2.20. The first-order valence-corrected chi connectivity index (χ1v) is 7.09. The van der Waals surface area contributed by atoms with Crippen molar-refractivity contribution in [1.29, 1.82) is 0 Å². The highest BCUT2D eigenvalue weighted by atomic mass is 32.1. The number of nitrogens with zero attached hydrogens (tertiary/aromatic N) is 1. The van der Waals surface area contributed by atoms with E-state index in [0.717, 1.165) is 0 Å². The van der Waals surface area contributed by atoms with Crippen molar-refractivity contribution in [3.8, 4) is 0 Å². The van der Waals surface area contributed by atoms with Gasteiger partial charge in [0.2, 0.25) is 0 Å². The number of hydrogen-bond donors (Lipinski definition) is 1. The zero-order valence-corrected chi connectivity index (χ0v) is 13.0. The van der Waals surface area contributed by atoms with Gasteiger partial charge in [0, 0.05) is 11.8 Å². The van der Waals surface area contributed by atoms with Crippen LogP contribution in [-0.4, -0.2) is 29.6 Å². The summed E-state index contributed by atoms with van der Waals surface area (Å²) in [6, 6.07) is 0. The zero-order chi connectivity index (χ0) is 15.3. The quantitative estimate of drug-likeness (QED) is 0.834. The van der Waals surface area contributed by atoms with Gasteiger partial charge in [-0.25, -0.2) is 4.98 Å². The molecular formula is C13H20N2O4S. The molecule has 0 aromatic carbocycles. The monoisotopic (exact) mass is 300 g/mol. The molecule has 1 atom stereocenters. The van der Waals surface area contributed by atoms with Gasteiger partial charge in [0.15, 0.2) is 5.13 Å². The predicted molar refractivity (Wildman–Crippen MR) is 76.2 cm³/mol. The number of esters is 2. The molecule has 1 heterocycles. The number of ether oxygens (including phenoxy) is 2. The van der Waals surface area contributed by atoms with E-state index >= 15 is 0 Å². The molecule has 6 nitrogen and oxygen atoms in total. The smallest absolute Gasteiger partial charge is 0.309 e. The number of nitrogen functional groups attached to an aromatic ring is 1. The molecular weight excluding hydrogens is 280 g/mol. The maximum Gasteiger partial charge on any atom is 0.309 e. The summed E-state index contributed by atoms with van der Waals surface area (Å²) in [4.78, 5) is 27.6. The first-order chi connectivity index (χ1) is 9.21. The molecule has 0 aliphatic rings. The van der Waals surface area contributed by atoms with Crippen LogP contribution in [0.5, 0.6) is 0 Å². The lowest BCUT2D eigenvalue weighted by molar-refractivity contribution is -0.160. The lowest BCUT2D eigenvalue weighted by Crippen LogP contribution is -2.28. The Bertz CT molecular complexity index is 479. The highest BCUT2D eigenvalue weighted by Gasteiger charge is 2.27. The number of anilines is 1. The molecule has 1 aromatic heterocycles. The minimum Gasteiger partial charge on any atom is -0.469 e. The summed E-state index contributed by atoms with van der Waals surface area (Å²) in [5.41, 5.74) is 5.64. The third kappa shape index (κ3) is 5.56. The topological polar surface area (TPSA) is 91.5 Å². The van der Waals surface area contributed by atoms with Crippen molar-refractivity contribution in [3.63, 3.8) is 0 Å². The van der Waals surface area contributed by atoms with Crippen LogP contribution in [0.1, 0.15) is 32.9 Å². The molecule has 1 unspecified atom stereocenters. The van der Waals surface area contributed by atoms with Crippen LogP contribution < -0.4 is 5.73 Å². The van der Waals surface area contributed by atoms with Gasteiger partial charge in [-0.1, -0.05) is 0 Å². The first-order valence-electron chi connectivity index (χ1n) is 6.21. The van der Waals surface area contributed by atoms with Crippen molar-refractivity contribution in [2.75, 3.05) is 12.8 Å². The van der Waals surface area contributed by atoms with Gasteiger partial charge in [0.1, 0.15) is 5.60 Å². The molecule has 0 aliphatic heterocycles. The maximum absolute atomic E-state index is 11.8. The van der Waals surface area contributed by atoms with Crippen molar-refractivity contribution in [3.05, 3.63) is 11.1 Å². The average Bonchev–Trinajstić information content (AvgIpc) is 2.70. The number of nitrogens with two attached hydrogens (primary N) is 1. The van der Waals surface area contributed by atoms with Crippen LogP contribution in [0, 0.1) is 5.92 Å². The van der Waals surface area contributed by atoms with Gasteiger partial charge in [-0.3, -0.25) is 9.59 Å². The summed E-state index contributed by atoms with van der Waals surface area (Å²) in [5.74, 6) is -1.50. The van der Waals surface area contributed by atoms with Gasteiger partial charge in [-0.2, -0.15) is 0 Å². The van der Waals surface area contributed by atoms with Crippen LogP contribution in [0.3, 0.4) is 0 Å². The summed E-state index contributed by atoms with van der Waals surface area (Å²) in [7, 11) is 1.29. The van der Waals surface area contributed by atoms with Crippen LogP contribution in [0.2, 0.25) is 0 Å². The fourth-order valence-corrected chi connectivity index (χ4v) is 2.23. The van der Waals surface area contributed by atoms with Crippen molar-refractivity contribution in [2.24, 2.45) is 5.92 Å². The van der Waals surface area contributed by atoms with E-state index < -0.39 is 23.5 Å². The first kappa shape index (κ1) is 16.4. The van der Waals surface area contributed by atoms with Crippen LogP contribution in [-0.2, 0) is 25.5 Å². The minimum atomic E-state index is -0.614. The van der Waals surface area contributed by atoms with Gasteiger partial charge in [-0.05, 0) is 20.8 Å². The number of aromatic nitrogens is 1. The number of carbonyl (C=O) groups excluding carboxylic acids is 2. The van der Waals surface area contributed by atoms with Gasteiger partial charge in [-0.15, -0.1) is 11.3 Å². The average molecular weight is 300 g/mol. The number of carbonyl (C=O) groups is 2. The molecule has 1 aromatic rings. The molecule has 0 bridgehead atoms. The van der Waals surface area contributed by atoms with Crippen LogP contribution in [0.15, 0.2) is 5.38 Å². The molecule has 0 fully saturated rings. The van der Waals surface area contributed by atoms with E-state index in [2.05, 4.69) is 4.98 Å². The predicted octanol–water partition coefficient (Wildman–Crippen LogP) is 1.79. The second kappa shape index (κ2) is 6.69. The number of methoxy groups -OCH3 is 1. The fraction of sp³-hybridized carbons (Fsp3) is 0.615. The largest absolute Gasteiger partial charge is 0.469 e. The summed E-state index contributed by atoms with van der Waals surface area (Å²) in [6.45, 7) is 5.33. The van der Waals surface area contributed by atoms with E-state index in [-0.39, 0.29) is 6.42 Å². The van der Waals surface area contributed by atoms with Gasteiger partial charge < -0.3 is 15.2 Å². The number of hydrogen-bond acceptors (Lipinski definition) is 7. The van der Waals surface area contributed by atoms with Crippen LogP contribution in [0.4, 0.5) is 5.13 Å². The lowest BCUT2D eigenvalue weighted by Gasteiger charge is -2.21. The Morgan fingerprint density at radius 1 is 1.45 bits per heavy atom.